The summed E-state index contributed by atoms with van der Waals surface area (Å²) in [5.41, 5.74) is 5.40. The Morgan fingerprint density at radius 1 is 0.905 bits per heavy atom. The van der Waals surface area contributed by atoms with Gasteiger partial charge in [-0.3, -0.25) is 0 Å². The van der Waals surface area contributed by atoms with Crippen molar-refractivity contribution in [2.45, 2.75) is 13.8 Å². The minimum absolute atomic E-state index is 0.683. The molecule has 0 fully saturated rings. The van der Waals surface area contributed by atoms with E-state index in [2.05, 4.69) is 42.0 Å². The van der Waals surface area contributed by atoms with Crippen molar-refractivity contribution in [2.75, 3.05) is 14.2 Å². The van der Waals surface area contributed by atoms with Crippen molar-refractivity contribution >= 4 is 11.0 Å². The molecule has 0 unspecified atom stereocenters. The van der Waals surface area contributed by atoms with Gasteiger partial charge in [-0.2, -0.15) is 0 Å². The lowest BCUT2D eigenvalue weighted by Gasteiger charge is -2.06. The number of hydrogen-bond acceptors (Lipinski definition) is 3. The van der Waals surface area contributed by atoms with Crippen molar-refractivity contribution in [3.05, 3.63) is 41.5 Å². The van der Waals surface area contributed by atoms with Crippen LogP contribution >= 0.6 is 0 Å². The smallest absolute Gasteiger partial charge is 0.163 e. The SMILES string of the molecule is COc1cc2nc(-c3ccc(C)c(C)c3)[nH]c2cc1OC. The molecule has 0 bridgehead atoms. The molecule has 1 N–H and O–H groups in total. The number of nitrogens with zero attached hydrogens (tertiary/aromatic N) is 1. The molecule has 0 aliphatic carbocycles. The minimum atomic E-state index is 0.683. The van der Waals surface area contributed by atoms with Gasteiger partial charge in [0, 0.05) is 17.7 Å². The third kappa shape index (κ3) is 2.33. The molecular formula is C17H18N2O2. The number of aryl methyl sites for hydroxylation is 2. The summed E-state index contributed by atoms with van der Waals surface area (Å²) in [6, 6.07) is 10.1. The number of hydrogen-bond donors (Lipinski definition) is 1. The van der Waals surface area contributed by atoms with Crippen LogP contribution in [0.5, 0.6) is 11.5 Å². The minimum Gasteiger partial charge on any atom is -0.493 e. The van der Waals surface area contributed by atoms with Gasteiger partial charge in [-0.05, 0) is 31.0 Å². The molecule has 0 spiro atoms. The highest BCUT2D eigenvalue weighted by atomic mass is 16.5. The van der Waals surface area contributed by atoms with Gasteiger partial charge in [0.15, 0.2) is 11.5 Å². The zero-order chi connectivity index (χ0) is 15.0. The molecule has 0 aliphatic rings. The molecule has 108 valence electrons. The second-order valence-corrected chi connectivity index (χ2v) is 5.11. The molecule has 0 aliphatic heterocycles. The summed E-state index contributed by atoms with van der Waals surface area (Å²) >= 11 is 0. The fraction of sp³-hybridized carbons (Fsp3) is 0.235. The van der Waals surface area contributed by atoms with Crippen LogP contribution in [0.2, 0.25) is 0 Å². The first-order valence-electron chi connectivity index (χ1n) is 6.81. The first-order valence-corrected chi connectivity index (χ1v) is 6.81. The van der Waals surface area contributed by atoms with Gasteiger partial charge < -0.3 is 14.5 Å². The Kier molecular flexibility index (Phi) is 3.29. The van der Waals surface area contributed by atoms with Crippen molar-refractivity contribution < 1.29 is 9.47 Å². The van der Waals surface area contributed by atoms with E-state index < -0.39 is 0 Å². The molecule has 0 atom stereocenters. The predicted molar refractivity (Wildman–Crippen MR) is 84.1 cm³/mol. The number of fused-ring (bicyclic) bond motifs is 1. The first-order chi connectivity index (χ1) is 10.1. The molecule has 3 aromatic rings. The lowest BCUT2D eigenvalue weighted by molar-refractivity contribution is 0.356. The fourth-order valence-electron chi connectivity index (χ4n) is 2.36. The predicted octanol–water partition coefficient (Wildman–Crippen LogP) is 3.86. The van der Waals surface area contributed by atoms with Gasteiger partial charge in [0.05, 0.1) is 25.3 Å². The number of nitrogens with one attached hydrogen (secondary N) is 1. The molecule has 4 heteroatoms. The van der Waals surface area contributed by atoms with Crippen LogP contribution in [0.4, 0.5) is 0 Å². The van der Waals surface area contributed by atoms with E-state index in [1.54, 1.807) is 14.2 Å². The highest BCUT2D eigenvalue weighted by Gasteiger charge is 2.11. The Morgan fingerprint density at radius 2 is 1.62 bits per heavy atom. The summed E-state index contributed by atoms with van der Waals surface area (Å²) in [7, 11) is 3.25. The maximum atomic E-state index is 5.32. The lowest BCUT2D eigenvalue weighted by atomic mass is 10.1. The molecular weight excluding hydrogens is 264 g/mol. The largest absolute Gasteiger partial charge is 0.493 e. The van der Waals surface area contributed by atoms with E-state index in [9.17, 15) is 0 Å². The van der Waals surface area contributed by atoms with Gasteiger partial charge in [-0.15, -0.1) is 0 Å². The van der Waals surface area contributed by atoms with E-state index in [4.69, 9.17) is 9.47 Å². The molecule has 0 amide bonds. The summed E-state index contributed by atoms with van der Waals surface area (Å²) < 4.78 is 10.6. The quantitative estimate of drug-likeness (QED) is 0.793. The zero-order valence-electron chi connectivity index (χ0n) is 12.7. The van der Waals surface area contributed by atoms with E-state index in [-0.39, 0.29) is 0 Å². The highest BCUT2D eigenvalue weighted by molar-refractivity contribution is 5.83. The number of ether oxygens (including phenoxy) is 2. The maximum absolute atomic E-state index is 5.32. The van der Waals surface area contributed by atoms with Crippen molar-refractivity contribution in [3.8, 4) is 22.9 Å². The zero-order valence-corrected chi connectivity index (χ0v) is 12.7. The van der Waals surface area contributed by atoms with Crippen molar-refractivity contribution in [3.63, 3.8) is 0 Å². The summed E-state index contributed by atoms with van der Waals surface area (Å²) in [6.07, 6.45) is 0. The van der Waals surface area contributed by atoms with Crippen LogP contribution in [0.25, 0.3) is 22.4 Å². The molecule has 1 aromatic heterocycles. The molecule has 3 rings (SSSR count). The Labute approximate surface area is 123 Å². The normalized spacial score (nSPS) is 10.9. The van der Waals surface area contributed by atoms with Crippen LogP contribution in [0.1, 0.15) is 11.1 Å². The van der Waals surface area contributed by atoms with Gasteiger partial charge in [0.1, 0.15) is 5.82 Å². The van der Waals surface area contributed by atoms with Crippen molar-refractivity contribution in [1.82, 2.24) is 9.97 Å². The Balaban J connectivity index is 2.14. The Morgan fingerprint density at radius 3 is 2.29 bits per heavy atom. The van der Waals surface area contributed by atoms with Crippen LogP contribution in [0.3, 0.4) is 0 Å². The van der Waals surface area contributed by atoms with E-state index in [0.717, 1.165) is 22.4 Å². The van der Waals surface area contributed by atoms with Gasteiger partial charge >= 0.3 is 0 Å². The number of aromatic nitrogens is 2. The van der Waals surface area contributed by atoms with Crippen LogP contribution in [-0.2, 0) is 0 Å². The number of aromatic amines is 1. The van der Waals surface area contributed by atoms with Crippen LogP contribution in [0, 0.1) is 13.8 Å². The standard InChI is InChI=1S/C17H18N2O2/c1-10-5-6-12(7-11(10)2)17-18-13-8-15(20-3)16(21-4)9-14(13)19-17/h5-9H,1-4H3,(H,18,19). The number of rotatable bonds is 3. The summed E-state index contributed by atoms with van der Waals surface area (Å²) in [6.45, 7) is 4.21. The van der Waals surface area contributed by atoms with Crippen LogP contribution in [0.15, 0.2) is 30.3 Å². The average Bonchev–Trinajstić information content (AvgIpc) is 2.91. The third-order valence-corrected chi connectivity index (χ3v) is 3.77. The monoisotopic (exact) mass is 282 g/mol. The summed E-state index contributed by atoms with van der Waals surface area (Å²) in [4.78, 5) is 7.98. The van der Waals surface area contributed by atoms with Gasteiger partial charge in [-0.1, -0.05) is 12.1 Å². The molecule has 0 saturated heterocycles. The average molecular weight is 282 g/mol. The molecule has 0 radical (unpaired) electrons. The van der Waals surface area contributed by atoms with Gasteiger partial charge in [-0.25, -0.2) is 4.98 Å². The number of imidazole rings is 1. The second kappa shape index (κ2) is 5.13. The first kappa shape index (κ1) is 13.5. The van der Waals surface area contributed by atoms with Gasteiger partial charge in [0.2, 0.25) is 0 Å². The molecule has 1 heterocycles. The van der Waals surface area contributed by atoms with Crippen LogP contribution < -0.4 is 9.47 Å². The van der Waals surface area contributed by atoms with Crippen LogP contribution in [-0.4, -0.2) is 24.2 Å². The van der Waals surface area contributed by atoms with E-state index in [1.807, 2.05) is 12.1 Å². The Bertz CT molecular complexity index is 765. The molecule has 21 heavy (non-hydrogen) atoms. The lowest BCUT2D eigenvalue weighted by Crippen LogP contribution is -1.89. The van der Waals surface area contributed by atoms with Gasteiger partial charge in [0.25, 0.3) is 0 Å². The highest BCUT2D eigenvalue weighted by Crippen LogP contribution is 2.32. The third-order valence-electron chi connectivity index (χ3n) is 3.77. The fourth-order valence-corrected chi connectivity index (χ4v) is 2.36. The molecule has 4 nitrogen and oxygen atoms in total. The van der Waals surface area contributed by atoms with E-state index in [1.165, 1.54) is 11.1 Å². The number of methoxy groups -OCH3 is 2. The number of H-pyrrole nitrogens is 1. The maximum Gasteiger partial charge on any atom is 0.163 e. The molecule has 0 saturated carbocycles. The van der Waals surface area contributed by atoms with Crippen molar-refractivity contribution in [1.29, 1.82) is 0 Å². The van der Waals surface area contributed by atoms with E-state index in [0.29, 0.717) is 11.5 Å². The summed E-state index contributed by atoms with van der Waals surface area (Å²) in [5.74, 6) is 2.23. The number of benzene rings is 2. The van der Waals surface area contributed by atoms with Crippen molar-refractivity contribution in [2.24, 2.45) is 0 Å². The topological polar surface area (TPSA) is 47.1 Å². The summed E-state index contributed by atoms with van der Waals surface area (Å²) in [5, 5.41) is 0. The molecule has 2 aromatic carbocycles. The second-order valence-electron chi connectivity index (χ2n) is 5.11. The Hall–Kier alpha value is -2.49. The van der Waals surface area contributed by atoms with E-state index >= 15 is 0 Å².